The highest BCUT2D eigenvalue weighted by atomic mass is 16.5. The molecule has 0 aromatic rings. The summed E-state index contributed by atoms with van der Waals surface area (Å²) in [5.74, 6) is 0.318. The maximum atomic E-state index is 11.1. The van der Waals surface area contributed by atoms with Crippen molar-refractivity contribution in [3.63, 3.8) is 0 Å². The molecule has 4 N–H and O–H groups in total. The Bertz CT molecular complexity index is 263. The van der Waals surface area contributed by atoms with Crippen LogP contribution in [0.15, 0.2) is 0 Å². The van der Waals surface area contributed by atoms with E-state index >= 15 is 0 Å². The number of carbonyl (C=O) groups excluding carboxylic acids is 1. The molecule has 0 aliphatic carbocycles. The second-order valence-corrected chi connectivity index (χ2v) is 5.70. The fourth-order valence-electron chi connectivity index (χ4n) is 2.30. The van der Waals surface area contributed by atoms with Gasteiger partial charge in [0, 0.05) is 19.8 Å². The summed E-state index contributed by atoms with van der Waals surface area (Å²) in [5, 5.41) is 0. The number of primary amides is 1. The maximum Gasteiger partial charge on any atom is 0.237 e. The molecule has 0 aromatic carbocycles. The molecule has 106 valence electrons. The minimum Gasteiger partial charge on any atom is -0.381 e. The van der Waals surface area contributed by atoms with Gasteiger partial charge in [0.1, 0.15) is 0 Å². The summed E-state index contributed by atoms with van der Waals surface area (Å²) in [4.78, 5) is 13.4. The number of amides is 1. The first-order valence-electron chi connectivity index (χ1n) is 6.77. The number of rotatable bonds is 7. The van der Waals surface area contributed by atoms with Crippen molar-refractivity contribution >= 4 is 5.91 Å². The van der Waals surface area contributed by atoms with Gasteiger partial charge in [0.2, 0.25) is 5.91 Å². The zero-order valence-electron chi connectivity index (χ0n) is 11.7. The van der Waals surface area contributed by atoms with E-state index in [4.69, 9.17) is 16.2 Å². The summed E-state index contributed by atoms with van der Waals surface area (Å²) in [5.41, 5.74) is 10.2. The molecular weight excluding hydrogens is 230 g/mol. The Morgan fingerprint density at radius 3 is 2.61 bits per heavy atom. The van der Waals surface area contributed by atoms with Crippen LogP contribution in [0.2, 0.25) is 0 Å². The van der Waals surface area contributed by atoms with Crippen LogP contribution in [0.25, 0.3) is 0 Å². The molecule has 1 fully saturated rings. The molecule has 18 heavy (non-hydrogen) atoms. The van der Waals surface area contributed by atoms with E-state index in [1.54, 1.807) is 6.92 Å². The number of hydrogen-bond donors (Lipinski definition) is 2. The van der Waals surface area contributed by atoms with E-state index in [-0.39, 0.29) is 0 Å². The summed E-state index contributed by atoms with van der Waals surface area (Å²) in [6.45, 7) is 5.54. The average molecular weight is 257 g/mol. The molecule has 0 spiro atoms. The minimum atomic E-state index is -0.875. The van der Waals surface area contributed by atoms with Crippen LogP contribution < -0.4 is 11.5 Å². The van der Waals surface area contributed by atoms with E-state index in [1.807, 2.05) is 0 Å². The van der Waals surface area contributed by atoms with Crippen LogP contribution in [-0.2, 0) is 9.53 Å². The van der Waals surface area contributed by atoms with Crippen molar-refractivity contribution in [3.8, 4) is 0 Å². The lowest BCUT2D eigenvalue weighted by molar-refractivity contribution is -0.122. The van der Waals surface area contributed by atoms with Crippen LogP contribution >= 0.6 is 0 Å². The lowest BCUT2D eigenvalue weighted by atomic mass is 9.96. The fourth-order valence-corrected chi connectivity index (χ4v) is 2.30. The van der Waals surface area contributed by atoms with E-state index in [0.29, 0.717) is 6.42 Å². The molecule has 1 amide bonds. The van der Waals surface area contributed by atoms with E-state index in [9.17, 15) is 4.79 Å². The van der Waals surface area contributed by atoms with Crippen LogP contribution in [0, 0.1) is 5.92 Å². The molecule has 1 aliphatic heterocycles. The third kappa shape index (κ3) is 5.33. The van der Waals surface area contributed by atoms with Gasteiger partial charge in [-0.05, 0) is 52.1 Å². The normalized spacial score (nSPS) is 20.9. The Labute approximate surface area is 110 Å². The first kappa shape index (κ1) is 15.4. The van der Waals surface area contributed by atoms with E-state index in [2.05, 4.69) is 11.9 Å². The highest BCUT2D eigenvalue weighted by molar-refractivity contribution is 5.83. The smallest absolute Gasteiger partial charge is 0.237 e. The van der Waals surface area contributed by atoms with Crippen LogP contribution in [-0.4, -0.2) is 49.7 Å². The van der Waals surface area contributed by atoms with Gasteiger partial charge in [0.05, 0.1) is 5.54 Å². The molecule has 0 aromatic heterocycles. The van der Waals surface area contributed by atoms with Gasteiger partial charge in [-0.1, -0.05) is 0 Å². The third-order valence-corrected chi connectivity index (χ3v) is 3.71. The van der Waals surface area contributed by atoms with Crippen molar-refractivity contribution in [2.75, 3.05) is 33.4 Å². The summed E-state index contributed by atoms with van der Waals surface area (Å²) in [7, 11) is 2.12. The molecule has 1 atom stereocenters. The van der Waals surface area contributed by atoms with Gasteiger partial charge >= 0.3 is 0 Å². The standard InChI is InChI=1S/C13H27N3O2/c1-13(15,12(14)17)6-3-7-16(2)10-11-4-8-18-9-5-11/h11H,3-10,15H2,1-2H3,(H2,14,17). The first-order valence-corrected chi connectivity index (χ1v) is 6.77. The number of carbonyl (C=O) groups is 1. The van der Waals surface area contributed by atoms with Gasteiger partial charge in [-0.15, -0.1) is 0 Å². The topological polar surface area (TPSA) is 81.6 Å². The molecule has 1 heterocycles. The quantitative estimate of drug-likeness (QED) is 0.688. The number of nitrogens with zero attached hydrogens (tertiary/aromatic N) is 1. The molecule has 5 heteroatoms. The molecule has 1 aliphatic rings. The van der Waals surface area contributed by atoms with Gasteiger partial charge in [-0.2, -0.15) is 0 Å². The summed E-state index contributed by atoms with van der Waals surface area (Å²) >= 11 is 0. The lowest BCUT2D eigenvalue weighted by Gasteiger charge is -2.28. The maximum absolute atomic E-state index is 11.1. The van der Waals surface area contributed by atoms with Crippen molar-refractivity contribution < 1.29 is 9.53 Å². The predicted molar refractivity (Wildman–Crippen MR) is 72.1 cm³/mol. The molecule has 1 saturated heterocycles. The monoisotopic (exact) mass is 257 g/mol. The van der Waals surface area contributed by atoms with Crippen molar-refractivity contribution in [2.24, 2.45) is 17.4 Å². The van der Waals surface area contributed by atoms with Gasteiger partial charge in [-0.25, -0.2) is 0 Å². The molecule has 0 bridgehead atoms. The lowest BCUT2D eigenvalue weighted by Crippen LogP contribution is -2.49. The third-order valence-electron chi connectivity index (χ3n) is 3.71. The molecule has 1 rings (SSSR count). The van der Waals surface area contributed by atoms with Crippen LogP contribution in [0.1, 0.15) is 32.6 Å². The fraction of sp³-hybridized carbons (Fsp3) is 0.923. The van der Waals surface area contributed by atoms with Gasteiger partial charge in [-0.3, -0.25) is 4.79 Å². The number of ether oxygens (including phenoxy) is 1. The SMILES string of the molecule is CN(CCCC(C)(N)C(N)=O)CC1CCOCC1. The van der Waals surface area contributed by atoms with Crippen molar-refractivity contribution in [2.45, 2.75) is 38.1 Å². The Hall–Kier alpha value is -0.650. The summed E-state index contributed by atoms with van der Waals surface area (Å²) in [6.07, 6.45) is 3.84. The second-order valence-electron chi connectivity index (χ2n) is 5.70. The highest BCUT2D eigenvalue weighted by Gasteiger charge is 2.25. The van der Waals surface area contributed by atoms with E-state index in [0.717, 1.165) is 51.5 Å². The van der Waals surface area contributed by atoms with Crippen molar-refractivity contribution in [1.82, 2.24) is 4.90 Å². The Morgan fingerprint density at radius 2 is 2.06 bits per heavy atom. The van der Waals surface area contributed by atoms with Gasteiger partial charge in [0.15, 0.2) is 0 Å². The van der Waals surface area contributed by atoms with Gasteiger partial charge in [0.25, 0.3) is 0 Å². The van der Waals surface area contributed by atoms with Crippen molar-refractivity contribution in [1.29, 1.82) is 0 Å². The summed E-state index contributed by atoms with van der Waals surface area (Å²) < 4.78 is 5.35. The van der Waals surface area contributed by atoms with Crippen LogP contribution in [0.3, 0.4) is 0 Å². The zero-order valence-corrected chi connectivity index (χ0v) is 11.7. The highest BCUT2D eigenvalue weighted by Crippen LogP contribution is 2.16. The molecule has 0 radical (unpaired) electrons. The predicted octanol–water partition coefficient (Wildman–Crippen LogP) is 0.328. The molecular formula is C13H27N3O2. The summed E-state index contributed by atoms with van der Waals surface area (Å²) in [6, 6.07) is 0. The zero-order chi connectivity index (χ0) is 13.6. The molecule has 1 unspecified atom stereocenters. The Kier molecular flexibility index (Phi) is 6.05. The number of nitrogens with two attached hydrogens (primary N) is 2. The van der Waals surface area contributed by atoms with Gasteiger partial charge < -0.3 is 21.1 Å². The van der Waals surface area contributed by atoms with Crippen LogP contribution in [0.5, 0.6) is 0 Å². The average Bonchev–Trinajstić information content (AvgIpc) is 2.29. The molecule has 0 saturated carbocycles. The number of hydrogen-bond acceptors (Lipinski definition) is 4. The first-order chi connectivity index (χ1) is 8.42. The Balaban J connectivity index is 2.16. The molecule has 5 nitrogen and oxygen atoms in total. The van der Waals surface area contributed by atoms with E-state index < -0.39 is 11.4 Å². The minimum absolute atomic E-state index is 0.422. The largest absolute Gasteiger partial charge is 0.381 e. The van der Waals surface area contributed by atoms with Crippen LogP contribution in [0.4, 0.5) is 0 Å². The Morgan fingerprint density at radius 1 is 1.44 bits per heavy atom. The van der Waals surface area contributed by atoms with E-state index in [1.165, 1.54) is 0 Å². The second kappa shape index (κ2) is 7.07. The van der Waals surface area contributed by atoms with Crippen molar-refractivity contribution in [3.05, 3.63) is 0 Å².